The van der Waals surface area contributed by atoms with Crippen LogP contribution in [0.4, 0.5) is 5.69 Å². The average molecular weight is 359 g/mol. The number of benzene rings is 1. The Balaban J connectivity index is 1.86. The summed E-state index contributed by atoms with van der Waals surface area (Å²) in [6.45, 7) is 7.81. The van der Waals surface area contributed by atoms with E-state index in [4.69, 9.17) is 0 Å². The molecule has 0 atom stereocenters. The van der Waals surface area contributed by atoms with Gasteiger partial charge in [0.2, 0.25) is 11.8 Å². The lowest BCUT2D eigenvalue weighted by molar-refractivity contribution is -0.126. The molecule has 2 rings (SSSR count). The first-order chi connectivity index (χ1) is 12.4. The third-order valence-electron chi connectivity index (χ3n) is 4.57. The first-order valence-corrected chi connectivity index (χ1v) is 9.37. The van der Waals surface area contributed by atoms with E-state index in [-0.39, 0.29) is 23.6 Å². The molecule has 0 aromatic heterocycles. The van der Waals surface area contributed by atoms with Crippen LogP contribution < -0.4 is 10.6 Å². The summed E-state index contributed by atoms with van der Waals surface area (Å²) in [5.74, 6) is 0.443. The molecule has 6 nitrogen and oxygen atoms in total. The van der Waals surface area contributed by atoms with Crippen LogP contribution in [-0.2, 0) is 9.59 Å². The zero-order valence-electron chi connectivity index (χ0n) is 15.9. The normalized spacial score (nSPS) is 15.0. The highest BCUT2D eigenvalue weighted by molar-refractivity contribution is 5.96. The summed E-state index contributed by atoms with van der Waals surface area (Å²) in [6.07, 6.45) is 1.81. The topological polar surface area (TPSA) is 78.5 Å². The van der Waals surface area contributed by atoms with Crippen LogP contribution in [0.3, 0.4) is 0 Å². The van der Waals surface area contributed by atoms with Gasteiger partial charge in [-0.1, -0.05) is 20.8 Å². The number of hydrogen-bond acceptors (Lipinski definition) is 3. The molecule has 0 saturated carbocycles. The Morgan fingerprint density at radius 3 is 2.27 bits per heavy atom. The molecule has 0 unspecified atom stereocenters. The highest BCUT2D eigenvalue weighted by atomic mass is 16.2. The predicted molar refractivity (Wildman–Crippen MR) is 102 cm³/mol. The van der Waals surface area contributed by atoms with Crippen molar-refractivity contribution in [2.24, 2.45) is 11.8 Å². The molecule has 3 amide bonds. The van der Waals surface area contributed by atoms with Crippen LogP contribution in [0.25, 0.3) is 0 Å². The molecule has 6 heteroatoms. The summed E-state index contributed by atoms with van der Waals surface area (Å²) in [5, 5.41) is 5.74. The monoisotopic (exact) mass is 359 g/mol. The minimum absolute atomic E-state index is 0.00978. The molecule has 1 aromatic rings. The highest BCUT2D eigenvalue weighted by Gasteiger charge is 2.27. The lowest BCUT2D eigenvalue weighted by atomic mass is 9.95. The number of nitrogens with one attached hydrogen (secondary N) is 2. The molecule has 26 heavy (non-hydrogen) atoms. The van der Waals surface area contributed by atoms with E-state index in [1.54, 1.807) is 36.1 Å². The molecular weight excluding hydrogens is 330 g/mol. The van der Waals surface area contributed by atoms with Crippen molar-refractivity contribution in [2.75, 3.05) is 25.0 Å². The molecule has 0 spiro atoms. The van der Waals surface area contributed by atoms with Crippen LogP contribution in [0.15, 0.2) is 24.3 Å². The van der Waals surface area contributed by atoms with E-state index in [0.29, 0.717) is 56.1 Å². The number of anilines is 1. The van der Waals surface area contributed by atoms with Crippen molar-refractivity contribution in [1.29, 1.82) is 0 Å². The summed E-state index contributed by atoms with van der Waals surface area (Å²) in [7, 11) is 0. The summed E-state index contributed by atoms with van der Waals surface area (Å²) >= 11 is 0. The van der Waals surface area contributed by atoms with Crippen LogP contribution in [-0.4, -0.2) is 42.3 Å². The van der Waals surface area contributed by atoms with Gasteiger partial charge in [0.05, 0.1) is 0 Å². The van der Waals surface area contributed by atoms with Crippen molar-refractivity contribution >= 4 is 23.4 Å². The molecule has 0 aliphatic carbocycles. The van der Waals surface area contributed by atoms with Crippen molar-refractivity contribution in [1.82, 2.24) is 10.2 Å². The van der Waals surface area contributed by atoms with Gasteiger partial charge in [0.15, 0.2) is 0 Å². The van der Waals surface area contributed by atoms with Crippen molar-refractivity contribution in [3.63, 3.8) is 0 Å². The van der Waals surface area contributed by atoms with Crippen molar-refractivity contribution < 1.29 is 14.4 Å². The molecule has 1 saturated heterocycles. The molecule has 1 aromatic carbocycles. The summed E-state index contributed by atoms with van der Waals surface area (Å²) in [4.78, 5) is 38.0. The van der Waals surface area contributed by atoms with Gasteiger partial charge in [-0.25, -0.2) is 0 Å². The summed E-state index contributed by atoms with van der Waals surface area (Å²) < 4.78 is 0. The second kappa shape index (κ2) is 9.36. The third-order valence-corrected chi connectivity index (χ3v) is 4.57. The first-order valence-electron chi connectivity index (χ1n) is 9.37. The number of likely N-dealkylation sites (tertiary alicyclic amines) is 1. The molecule has 0 radical (unpaired) electrons. The Morgan fingerprint density at radius 2 is 1.73 bits per heavy atom. The Kier molecular flexibility index (Phi) is 7.18. The lowest BCUT2D eigenvalue weighted by Crippen LogP contribution is -2.43. The van der Waals surface area contributed by atoms with Gasteiger partial charge in [-0.2, -0.15) is 0 Å². The number of carbonyl (C=O) groups excluding carboxylic acids is 3. The van der Waals surface area contributed by atoms with Crippen molar-refractivity contribution in [2.45, 2.75) is 40.0 Å². The Bertz CT molecular complexity index is 632. The number of carbonyl (C=O) groups is 3. The van der Waals surface area contributed by atoms with E-state index < -0.39 is 0 Å². The maximum absolute atomic E-state index is 12.6. The van der Waals surface area contributed by atoms with E-state index in [9.17, 15) is 14.4 Å². The highest BCUT2D eigenvalue weighted by Crippen LogP contribution is 2.20. The zero-order chi connectivity index (χ0) is 19.1. The van der Waals surface area contributed by atoms with Gasteiger partial charge in [-0.3, -0.25) is 14.4 Å². The van der Waals surface area contributed by atoms with Gasteiger partial charge in [-0.15, -0.1) is 0 Å². The Morgan fingerprint density at radius 1 is 1.12 bits per heavy atom. The number of amides is 3. The maximum Gasteiger partial charge on any atom is 0.253 e. The predicted octanol–water partition coefficient (Wildman–Crippen LogP) is 2.66. The fraction of sp³-hybridized carbons (Fsp3) is 0.550. The van der Waals surface area contributed by atoms with Gasteiger partial charge in [0, 0.05) is 43.2 Å². The van der Waals surface area contributed by atoms with Crippen LogP contribution in [0, 0.1) is 11.8 Å². The molecule has 1 heterocycles. The fourth-order valence-electron chi connectivity index (χ4n) is 2.92. The van der Waals surface area contributed by atoms with Crippen molar-refractivity contribution in [3.8, 4) is 0 Å². The average Bonchev–Trinajstić information content (AvgIpc) is 2.66. The van der Waals surface area contributed by atoms with Gasteiger partial charge >= 0.3 is 0 Å². The van der Waals surface area contributed by atoms with Crippen LogP contribution in [0.1, 0.15) is 50.4 Å². The van der Waals surface area contributed by atoms with Crippen LogP contribution in [0.2, 0.25) is 0 Å². The van der Waals surface area contributed by atoms with Crippen LogP contribution >= 0.6 is 0 Å². The minimum Gasteiger partial charge on any atom is -0.356 e. The summed E-state index contributed by atoms with van der Waals surface area (Å²) in [6, 6.07) is 6.95. The fourth-order valence-corrected chi connectivity index (χ4v) is 2.92. The molecule has 2 N–H and O–H groups in total. The van der Waals surface area contributed by atoms with Gasteiger partial charge < -0.3 is 15.5 Å². The molecule has 0 bridgehead atoms. The third kappa shape index (κ3) is 5.58. The standard InChI is InChI=1S/C20H29N3O3/c1-4-18(24)22-17-7-5-16(6-8-17)20(26)23-11-9-15(10-12-23)19(25)21-13-14(2)3/h5-8,14-15H,4,9-13H2,1-3H3,(H,21,25)(H,22,24). The Labute approximate surface area is 155 Å². The minimum atomic E-state index is -0.0538. The molecule has 1 fully saturated rings. The number of rotatable bonds is 6. The van der Waals surface area contributed by atoms with E-state index in [2.05, 4.69) is 24.5 Å². The quantitative estimate of drug-likeness (QED) is 0.820. The Hall–Kier alpha value is -2.37. The van der Waals surface area contributed by atoms with Crippen molar-refractivity contribution in [3.05, 3.63) is 29.8 Å². The summed E-state index contributed by atoms with van der Waals surface area (Å²) in [5.41, 5.74) is 1.29. The zero-order valence-corrected chi connectivity index (χ0v) is 15.9. The van der Waals surface area contributed by atoms with Gasteiger partial charge in [-0.05, 0) is 43.0 Å². The van der Waals surface area contributed by atoms with Gasteiger partial charge in [0.25, 0.3) is 5.91 Å². The number of hydrogen-bond donors (Lipinski definition) is 2. The maximum atomic E-state index is 12.6. The first kappa shape index (κ1) is 19.9. The molecule has 142 valence electrons. The van der Waals surface area contributed by atoms with E-state index >= 15 is 0 Å². The van der Waals surface area contributed by atoms with Crippen LogP contribution in [0.5, 0.6) is 0 Å². The number of nitrogens with zero attached hydrogens (tertiary/aromatic N) is 1. The smallest absolute Gasteiger partial charge is 0.253 e. The number of piperidine rings is 1. The van der Waals surface area contributed by atoms with E-state index in [0.717, 1.165) is 0 Å². The lowest BCUT2D eigenvalue weighted by Gasteiger charge is -2.31. The van der Waals surface area contributed by atoms with E-state index in [1.807, 2.05) is 0 Å². The second-order valence-electron chi connectivity index (χ2n) is 7.18. The molecule has 1 aliphatic heterocycles. The SMILES string of the molecule is CCC(=O)Nc1ccc(C(=O)N2CCC(C(=O)NCC(C)C)CC2)cc1. The van der Waals surface area contributed by atoms with Gasteiger partial charge in [0.1, 0.15) is 0 Å². The largest absolute Gasteiger partial charge is 0.356 e. The molecule has 1 aliphatic rings. The van der Waals surface area contributed by atoms with E-state index in [1.165, 1.54) is 0 Å². The second-order valence-corrected chi connectivity index (χ2v) is 7.18. The molecular formula is C20H29N3O3.